The van der Waals surface area contributed by atoms with Gasteiger partial charge in [0, 0.05) is 5.70 Å². The number of carbonyl (C=O) groups is 1. The lowest BCUT2D eigenvalue weighted by molar-refractivity contribution is -0.140. The average molecular weight is 291 g/mol. The van der Waals surface area contributed by atoms with Crippen LogP contribution in [0.3, 0.4) is 0 Å². The second kappa shape index (κ2) is 9.17. The van der Waals surface area contributed by atoms with E-state index in [1.54, 1.807) is 6.08 Å². The van der Waals surface area contributed by atoms with Crippen LogP contribution < -0.4 is 10.6 Å². The number of alkyl halides is 3. The smallest absolute Gasteiger partial charge is 0.347 e. The van der Waals surface area contributed by atoms with Gasteiger partial charge in [0.15, 0.2) is 0 Å². The van der Waals surface area contributed by atoms with E-state index in [0.717, 1.165) is 6.42 Å². The van der Waals surface area contributed by atoms with Crippen LogP contribution >= 0.6 is 0 Å². The van der Waals surface area contributed by atoms with Crippen LogP contribution in [0.15, 0.2) is 29.4 Å². The fraction of sp³-hybridized carbons (Fsp3) is 0.538. The number of allylic oxidation sites excluding steroid dienone is 2. The van der Waals surface area contributed by atoms with Crippen molar-refractivity contribution in [3.63, 3.8) is 0 Å². The predicted octanol–water partition coefficient (Wildman–Crippen LogP) is 2.40. The van der Waals surface area contributed by atoms with Gasteiger partial charge in [-0.2, -0.15) is 13.2 Å². The molecule has 0 aromatic carbocycles. The van der Waals surface area contributed by atoms with E-state index < -0.39 is 24.5 Å². The number of nitrogens with one attached hydrogen (secondary N) is 2. The van der Waals surface area contributed by atoms with E-state index in [2.05, 4.69) is 16.9 Å². The summed E-state index contributed by atoms with van der Waals surface area (Å²) < 4.78 is 35.7. The van der Waals surface area contributed by atoms with Crippen molar-refractivity contribution in [3.05, 3.63) is 24.4 Å². The van der Waals surface area contributed by atoms with Crippen LogP contribution in [0.5, 0.6) is 0 Å². The molecule has 114 valence electrons. The Morgan fingerprint density at radius 1 is 1.45 bits per heavy atom. The summed E-state index contributed by atoms with van der Waals surface area (Å²) >= 11 is 0. The topological polar surface area (TPSA) is 53.5 Å². The number of amides is 1. The van der Waals surface area contributed by atoms with Crippen molar-refractivity contribution >= 4 is 12.2 Å². The first-order valence-electron chi connectivity index (χ1n) is 6.21. The number of halogens is 3. The fourth-order valence-corrected chi connectivity index (χ4v) is 1.09. The summed E-state index contributed by atoms with van der Waals surface area (Å²) in [5, 5.41) is 4.60. The maximum atomic E-state index is 11.9. The number of hydrogen-bond donors (Lipinski definition) is 2. The molecule has 0 heterocycles. The zero-order valence-corrected chi connectivity index (χ0v) is 11.6. The Morgan fingerprint density at radius 3 is 2.65 bits per heavy atom. The third-order valence-electron chi connectivity index (χ3n) is 2.19. The third kappa shape index (κ3) is 10.2. The van der Waals surface area contributed by atoms with Crippen molar-refractivity contribution in [2.24, 2.45) is 10.9 Å². The first kappa shape index (κ1) is 18.2. The highest BCUT2D eigenvalue weighted by Gasteiger charge is 2.28. The Hall–Kier alpha value is -1.79. The number of carbonyl (C=O) groups excluding carboxylic acids is 1. The Kier molecular flexibility index (Phi) is 8.35. The SMILES string of the molecule is C=C(/C=C\CC)NC=NC[C@H](C)C(=O)NCC(F)(F)F. The van der Waals surface area contributed by atoms with E-state index in [9.17, 15) is 18.0 Å². The van der Waals surface area contributed by atoms with E-state index in [4.69, 9.17) is 0 Å². The van der Waals surface area contributed by atoms with Gasteiger partial charge in [0.1, 0.15) is 6.54 Å². The monoisotopic (exact) mass is 291 g/mol. The van der Waals surface area contributed by atoms with E-state index >= 15 is 0 Å². The van der Waals surface area contributed by atoms with E-state index in [0.29, 0.717) is 5.70 Å². The molecule has 0 rings (SSSR count). The van der Waals surface area contributed by atoms with Crippen LogP contribution in [0.25, 0.3) is 0 Å². The van der Waals surface area contributed by atoms with Gasteiger partial charge in [-0.15, -0.1) is 0 Å². The Labute approximate surface area is 116 Å². The van der Waals surface area contributed by atoms with Gasteiger partial charge in [-0.25, -0.2) is 0 Å². The first-order valence-corrected chi connectivity index (χ1v) is 6.21. The van der Waals surface area contributed by atoms with Crippen LogP contribution in [-0.2, 0) is 4.79 Å². The van der Waals surface area contributed by atoms with Gasteiger partial charge in [0.25, 0.3) is 0 Å². The lowest BCUT2D eigenvalue weighted by atomic mass is 10.2. The van der Waals surface area contributed by atoms with Crippen molar-refractivity contribution in [1.29, 1.82) is 0 Å². The molecule has 7 heteroatoms. The second-order valence-electron chi connectivity index (χ2n) is 4.21. The minimum Gasteiger partial charge on any atom is -0.347 e. The number of rotatable bonds is 8. The summed E-state index contributed by atoms with van der Waals surface area (Å²) in [5.74, 6) is -1.31. The molecule has 0 aliphatic rings. The van der Waals surface area contributed by atoms with Gasteiger partial charge in [-0.3, -0.25) is 9.79 Å². The van der Waals surface area contributed by atoms with Gasteiger partial charge in [-0.05, 0) is 12.5 Å². The molecule has 0 aliphatic carbocycles. The third-order valence-corrected chi connectivity index (χ3v) is 2.19. The maximum Gasteiger partial charge on any atom is 0.405 e. The Morgan fingerprint density at radius 2 is 2.10 bits per heavy atom. The van der Waals surface area contributed by atoms with Crippen molar-refractivity contribution in [2.45, 2.75) is 26.4 Å². The van der Waals surface area contributed by atoms with Crippen LogP contribution in [0, 0.1) is 5.92 Å². The lowest BCUT2D eigenvalue weighted by Gasteiger charge is -2.11. The molecule has 0 radical (unpaired) electrons. The number of aliphatic imine (C=N–C) groups is 1. The molecule has 0 aromatic heterocycles. The molecule has 20 heavy (non-hydrogen) atoms. The van der Waals surface area contributed by atoms with Gasteiger partial charge < -0.3 is 10.6 Å². The van der Waals surface area contributed by atoms with Crippen molar-refractivity contribution in [3.8, 4) is 0 Å². The van der Waals surface area contributed by atoms with Crippen LogP contribution in [0.1, 0.15) is 20.3 Å². The maximum absolute atomic E-state index is 11.9. The normalized spacial score (nSPS) is 13.7. The standard InChI is InChI=1S/C13H20F3N3O/c1-4-5-6-11(3)19-9-17-7-10(2)12(20)18-8-13(14,15)16/h5-6,9-10H,3-4,7-8H2,1-2H3,(H,17,19)(H,18,20)/b6-5-/t10-/m0/s1. The van der Waals surface area contributed by atoms with E-state index in [1.807, 2.05) is 18.3 Å². The van der Waals surface area contributed by atoms with Gasteiger partial charge in [-0.1, -0.05) is 26.5 Å². The minimum absolute atomic E-state index is 0.0987. The molecule has 0 bridgehead atoms. The van der Waals surface area contributed by atoms with Crippen LogP contribution in [-0.4, -0.2) is 31.5 Å². The molecule has 0 saturated carbocycles. The molecule has 0 spiro atoms. The summed E-state index contributed by atoms with van der Waals surface area (Å²) in [4.78, 5) is 15.2. The fourth-order valence-electron chi connectivity index (χ4n) is 1.09. The summed E-state index contributed by atoms with van der Waals surface area (Å²) in [6.45, 7) is 5.98. The van der Waals surface area contributed by atoms with Crippen molar-refractivity contribution < 1.29 is 18.0 Å². The lowest BCUT2D eigenvalue weighted by Crippen LogP contribution is -2.37. The predicted molar refractivity (Wildman–Crippen MR) is 73.3 cm³/mol. The molecular weight excluding hydrogens is 271 g/mol. The van der Waals surface area contributed by atoms with Crippen LogP contribution in [0.2, 0.25) is 0 Å². The largest absolute Gasteiger partial charge is 0.405 e. The highest BCUT2D eigenvalue weighted by Crippen LogP contribution is 2.12. The summed E-state index contributed by atoms with van der Waals surface area (Å²) in [6.07, 6.45) is 1.55. The summed E-state index contributed by atoms with van der Waals surface area (Å²) in [5.41, 5.74) is 0.643. The zero-order chi connectivity index (χ0) is 15.6. The molecule has 0 fully saturated rings. The summed E-state index contributed by atoms with van der Waals surface area (Å²) in [7, 11) is 0. The summed E-state index contributed by atoms with van der Waals surface area (Å²) in [6, 6.07) is 0. The number of nitrogens with zero attached hydrogens (tertiary/aromatic N) is 1. The highest BCUT2D eigenvalue weighted by molar-refractivity contribution is 5.78. The molecule has 4 nitrogen and oxygen atoms in total. The molecule has 0 saturated heterocycles. The molecule has 2 N–H and O–H groups in total. The second-order valence-corrected chi connectivity index (χ2v) is 4.21. The minimum atomic E-state index is -4.40. The molecule has 0 aliphatic heterocycles. The first-order chi connectivity index (χ1) is 9.26. The van der Waals surface area contributed by atoms with Crippen molar-refractivity contribution in [1.82, 2.24) is 10.6 Å². The van der Waals surface area contributed by atoms with Gasteiger partial charge >= 0.3 is 6.18 Å². The quantitative estimate of drug-likeness (QED) is 0.410. The van der Waals surface area contributed by atoms with Gasteiger partial charge in [0.2, 0.25) is 5.91 Å². The molecule has 0 unspecified atom stereocenters. The van der Waals surface area contributed by atoms with E-state index in [1.165, 1.54) is 13.3 Å². The molecule has 0 aromatic rings. The molecule has 1 amide bonds. The molecule has 1 atom stereocenters. The highest BCUT2D eigenvalue weighted by atomic mass is 19.4. The van der Waals surface area contributed by atoms with Gasteiger partial charge in [0.05, 0.1) is 18.8 Å². The molecular formula is C13H20F3N3O. The zero-order valence-electron chi connectivity index (χ0n) is 11.6. The number of hydrogen-bond acceptors (Lipinski definition) is 2. The Bertz CT molecular complexity index is 376. The Balaban J connectivity index is 3.97. The van der Waals surface area contributed by atoms with E-state index in [-0.39, 0.29) is 6.54 Å². The van der Waals surface area contributed by atoms with Crippen molar-refractivity contribution in [2.75, 3.05) is 13.1 Å². The average Bonchev–Trinajstić information content (AvgIpc) is 2.37. The van der Waals surface area contributed by atoms with Crippen LogP contribution in [0.4, 0.5) is 13.2 Å².